The molecule has 0 spiro atoms. The first kappa shape index (κ1) is 25.3. The smallest absolute Gasteiger partial charge is 0.303 e. The van der Waals surface area contributed by atoms with Gasteiger partial charge in [-0.2, -0.15) is 0 Å². The molecule has 0 radical (unpaired) electrons. The van der Waals surface area contributed by atoms with Crippen LogP contribution in [0.4, 0.5) is 10.1 Å². The van der Waals surface area contributed by atoms with Crippen molar-refractivity contribution in [1.82, 2.24) is 15.3 Å². The zero-order valence-corrected chi connectivity index (χ0v) is 20.6. The number of carboxylic acid groups (broad SMARTS) is 1. The van der Waals surface area contributed by atoms with Crippen molar-refractivity contribution >= 4 is 34.5 Å². The Morgan fingerprint density at radius 3 is 2.74 bits per heavy atom. The zero-order chi connectivity index (χ0) is 26.6. The maximum atomic E-state index is 13.9. The summed E-state index contributed by atoms with van der Waals surface area (Å²) in [5.74, 6) is -1.87. The number of hydrogen-bond acceptors (Lipinski definition) is 5. The molecule has 0 saturated heterocycles. The minimum Gasteiger partial charge on any atom is -0.481 e. The number of nitrogens with one attached hydrogen (secondary N) is 2. The fourth-order valence-corrected chi connectivity index (χ4v) is 4.88. The number of aromatic nitrogens is 2. The quantitative estimate of drug-likeness (QED) is 0.365. The topological polar surface area (TPSA) is 121 Å². The van der Waals surface area contributed by atoms with E-state index in [4.69, 9.17) is 15.1 Å². The van der Waals surface area contributed by atoms with Crippen molar-refractivity contribution in [2.75, 3.05) is 5.32 Å². The summed E-state index contributed by atoms with van der Waals surface area (Å²) in [7, 11) is 0. The molecule has 194 valence electrons. The molecule has 8 nitrogen and oxygen atoms in total. The molecule has 2 heterocycles. The van der Waals surface area contributed by atoms with Crippen molar-refractivity contribution < 1.29 is 23.9 Å². The monoisotopic (exact) mass is 514 g/mol. The van der Waals surface area contributed by atoms with E-state index in [1.54, 1.807) is 18.2 Å². The van der Waals surface area contributed by atoms with Gasteiger partial charge < -0.3 is 15.7 Å². The number of nitrogens with zero attached hydrogens (tertiary/aromatic N) is 2. The first-order valence-electron chi connectivity index (χ1n) is 12.6. The number of rotatable bonds is 8. The molecule has 9 heteroatoms. The van der Waals surface area contributed by atoms with Gasteiger partial charge in [0.05, 0.1) is 34.9 Å². The number of allylic oxidation sites excluding steroid dienone is 4. The van der Waals surface area contributed by atoms with E-state index in [1.807, 2.05) is 12.2 Å². The van der Waals surface area contributed by atoms with Crippen LogP contribution in [0.1, 0.15) is 71.4 Å². The van der Waals surface area contributed by atoms with Crippen LogP contribution in [0, 0.1) is 5.82 Å². The molecule has 3 N–H and O–H groups in total. The molecule has 3 aromatic rings. The predicted molar refractivity (Wildman–Crippen MR) is 140 cm³/mol. The molecule has 2 aliphatic rings. The summed E-state index contributed by atoms with van der Waals surface area (Å²) in [5.41, 5.74) is 4.19. The van der Waals surface area contributed by atoms with Gasteiger partial charge in [-0.05, 0) is 62.1 Å². The van der Waals surface area contributed by atoms with Gasteiger partial charge in [-0.15, -0.1) is 0 Å². The van der Waals surface area contributed by atoms with E-state index in [0.29, 0.717) is 47.1 Å². The highest BCUT2D eigenvalue weighted by molar-refractivity contribution is 5.99. The lowest BCUT2D eigenvalue weighted by atomic mass is 9.93. The van der Waals surface area contributed by atoms with Crippen LogP contribution in [0.5, 0.6) is 0 Å². The Balaban J connectivity index is 1.42. The molecular weight excluding hydrogens is 487 g/mol. The molecule has 0 bridgehead atoms. The molecule has 0 saturated carbocycles. The van der Waals surface area contributed by atoms with Crippen molar-refractivity contribution in [1.29, 1.82) is 0 Å². The average molecular weight is 515 g/mol. The second-order valence-electron chi connectivity index (χ2n) is 9.53. The van der Waals surface area contributed by atoms with E-state index in [2.05, 4.69) is 22.8 Å². The minimum atomic E-state index is -0.827. The lowest BCUT2D eigenvalue weighted by Crippen LogP contribution is -2.35. The molecule has 2 atom stereocenters. The van der Waals surface area contributed by atoms with Crippen LogP contribution in [-0.4, -0.2) is 32.9 Å². The highest BCUT2D eigenvalue weighted by Gasteiger charge is 2.27. The third-order valence-electron chi connectivity index (χ3n) is 6.77. The van der Waals surface area contributed by atoms with Gasteiger partial charge >= 0.3 is 5.97 Å². The van der Waals surface area contributed by atoms with Crippen molar-refractivity contribution in [2.24, 2.45) is 0 Å². The van der Waals surface area contributed by atoms with Gasteiger partial charge in [-0.1, -0.05) is 24.3 Å². The second-order valence-corrected chi connectivity index (χ2v) is 9.53. The number of fused-ring (bicyclic) bond motifs is 2. The summed E-state index contributed by atoms with van der Waals surface area (Å²) in [5, 5.41) is 14.5. The van der Waals surface area contributed by atoms with Crippen molar-refractivity contribution in [2.45, 2.75) is 50.5 Å². The highest BCUT2D eigenvalue weighted by Crippen LogP contribution is 2.32. The number of anilines is 1. The Kier molecular flexibility index (Phi) is 7.26. The standard InChI is InChI=1S/C29H27FN4O4/c30-19-11-13-21-20(15-19)24(16-26(35)32-21)34-29(38)18-10-12-22-25(14-18)31-23(8-4-5-9-27(36)37)28(33-22)17-6-2-1-3-7-17/h1-3,6,10-15,17,24H,4-5,7-9,16H2,(H,32,35)(H,34,38)(H,36,37). The number of carbonyl (C=O) groups is 3. The molecule has 2 unspecified atom stereocenters. The van der Waals surface area contributed by atoms with Crippen LogP contribution in [0.25, 0.3) is 11.0 Å². The number of carboxylic acids is 1. The summed E-state index contributed by atoms with van der Waals surface area (Å²) in [4.78, 5) is 46.0. The van der Waals surface area contributed by atoms with Crippen molar-refractivity contribution in [3.63, 3.8) is 0 Å². The minimum absolute atomic E-state index is 0.00276. The number of aliphatic carboxylic acids is 1. The summed E-state index contributed by atoms with van der Waals surface area (Å²) in [6.07, 6.45) is 10.8. The molecule has 38 heavy (non-hydrogen) atoms. The maximum absolute atomic E-state index is 13.9. The van der Waals surface area contributed by atoms with Crippen LogP contribution in [0.15, 0.2) is 60.7 Å². The van der Waals surface area contributed by atoms with Crippen LogP contribution in [0.2, 0.25) is 0 Å². The Morgan fingerprint density at radius 1 is 1.08 bits per heavy atom. The van der Waals surface area contributed by atoms with Crippen LogP contribution >= 0.6 is 0 Å². The van der Waals surface area contributed by atoms with E-state index in [0.717, 1.165) is 17.8 Å². The van der Waals surface area contributed by atoms with Crippen molar-refractivity contribution in [3.8, 4) is 0 Å². The summed E-state index contributed by atoms with van der Waals surface area (Å²) in [6.45, 7) is 0. The molecule has 1 aliphatic heterocycles. The van der Waals surface area contributed by atoms with E-state index in [9.17, 15) is 18.8 Å². The third kappa shape index (κ3) is 5.61. The average Bonchev–Trinajstić information content (AvgIpc) is 2.91. The van der Waals surface area contributed by atoms with Crippen LogP contribution in [-0.2, 0) is 16.0 Å². The van der Waals surface area contributed by atoms with Gasteiger partial charge in [0.2, 0.25) is 5.91 Å². The Morgan fingerprint density at radius 2 is 1.95 bits per heavy atom. The molecule has 2 aromatic carbocycles. The number of hydrogen-bond donors (Lipinski definition) is 3. The molecular formula is C29H27FN4O4. The zero-order valence-electron chi connectivity index (χ0n) is 20.6. The number of unbranched alkanes of at least 4 members (excludes halogenated alkanes) is 1. The molecule has 1 aromatic heterocycles. The van der Waals surface area contributed by atoms with Crippen molar-refractivity contribution in [3.05, 3.63) is 89.0 Å². The van der Waals surface area contributed by atoms with E-state index in [-0.39, 0.29) is 24.7 Å². The maximum Gasteiger partial charge on any atom is 0.303 e. The Bertz CT molecular complexity index is 1480. The second kappa shape index (κ2) is 10.9. The van der Waals surface area contributed by atoms with Crippen LogP contribution in [0.3, 0.4) is 0 Å². The van der Waals surface area contributed by atoms with E-state index in [1.165, 1.54) is 18.2 Å². The first-order chi connectivity index (χ1) is 18.4. The van der Waals surface area contributed by atoms with E-state index >= 15 is 0 Å². The number of carbonyl (C=O) groups excluding carboxylic acids is 2. The molecule has 2 amide bonds. The van der Waals surface area contributed by atoms with E-state index < -0.39 is 23.7 Å². The first-order valence-corrected chi connectivity index (χ1v) is 12.6. The fourth-order valence-electron chi connectivity index (χ4n) is 4.88. The van der Waals surface area contributed by atoms with Crippen LogP contribution < -0.4 is 10.6 Å². The number of aryl methyl sites for hydroxylation is 1. The van der Waals surface area contributed by atoms with Gasteiger partial charge in [-0.25, -0.2) is 14.4 Å². The normalized spacial score (nSPS) is 18.2. The van der Waals surface area contributed by atoms with Gasteiger partial charge in [0.1, 0.15) is 5.82 Å². The van der Waals surface area contributed by atoms with Gasteiger partial charge in [0, 0.05) is 29.2 Å². The summed E-state index contributed by atoms with van der Waals surface area (Å²) in [6, 6.07) is 8.47. The largest absolute Gasteiger partial charge is 0.481 e. The molecule has 0 fully saturated rings. The third-order valence-corrected chi connectivity index (χ3v) is 6.77. The summed E-state index contributed by atoms with van der Waals surface area (Å²) >= 11 is 0. The Labute approximate surface area is 218 Å². The fraction of sp³-hybridized carbons (Fsp3) is 0.276. The number of benzene rings is 2. The van der Waals surface area contributed by atoms with Gasteiger partial charge in [0.15, 0.2) is 0 Å². The lowest BCUT2D eigenvalue weighted by molar-refractivity contribution is -0.137. The Hall–Kier alpha value is -4.40. The SMILES string of the molecule is O=C(O)CCCCc1nc2cc(C(=O)NC3CC(=O)Nc4ccc(F)cc43)ccc2nc1C1C=CC=CC1. The molecule has 1 aliphatic carbocycles. The lowest BCUT2D eigenvalue weighted by Gasteiger charge is -2.26. The highest BCUT2D eigenvalue weighted by atomic mass is 19.1. The number of amides is 2. The number of halogens is 1. The summed E-state index contributed by atoms with van der Waals surface area (Å²) < 4.78 is 13.9. The van der Waals surface area contributed by atoms with Gasteiger partial charge in [-0.3, -0.25) is 14.4 Å². The molecule has 5 rings (SSSR count). The predicted octanol–water partition coefficient (Wildman–Crippen LogP) is 4.98. The van der Waals surface area contributed by atoms with Gasteiger partial charge in [0.25, 0.3) is 5.91 Å².